The van der Waals surface area contributed by atoms with Gasteiger partial charge in [-0.1, -0.05) is 48.5 Å². The number of alkyl carbamates (subject to hydrolysis) is 1. The molecular formula is C24H28N2O7. The van der Waals surface area contributed by atoms with Gasteiger partial charge in [-0.2, -0.15) is 0 Å². The zero-order valence-electron chi connectivity index (χ0n) is 18.8. The van der Waals surface area contributed by atoms with Crippen LogP contribution in [-0.4, -0.2) is 68.7 Å². The minimum absolute atomic E-state index is 0.0810. The molecule has 0 bridgehead atoms. The number of nitrogens with one attached hydrogen (secondary N) is 2. The van der Waals surface area contributed by atoms with Gasteiger partial charge in [-0.15, -0.1) is 0 Å². The summed E-state index contributed by atoms with van der Waals surface area (Å²) in [5, 5.41) is 14.3. The first kappa shape index (κ1) is 24.2. The van der Waals surface area contributed by atoms with Crippen molar-refractivity contribution in [3.05, 3.63) is 59.7 Å². The van der Waals surface area contributed by atoms with Crippen molar-refractivity contribution in [1.82, 2.24) is 10.6 Å². The number of amides is 2. The SMILES string of the molecule is COC[C@H](NC(=O)OCC1c2ccccc2-c2ccccc21)C(=O)NC(C)(COC)C(=O)O. The quantitative estimate of drug-likeness (QED) is 0.501. The van der Waals surface area contributed by atoms with Crippen LogP contribution in [0.5, 0.6) is 0 Å². The maximum atomic E-state index is 12.7. The first-order valence-electron chi connectivity index (χ1n) is 10.5. The lowest BCUT2D eigenvalue weighted by molar-refractivity contribution is -0.149. The van der Waals surface area contributed by atoms with E-state index in [0.717, 1.165) is 22.3 Å². The van der Waals surface area contributed by atoms with Gasteiger partial charge < -0.3 is 30.0 Å². The van der Waals surface area contributed by atoms with Crippen LogP contribution >= 0.6 is 0 Å². The van der Waals surface area contributed by atoms with E-state index in [4.69, 9.17) is 14.2 Å². The Morgan fingerprint density at radius 1 is 1.00 bits per heavy atom. The third-order valence-electron chi connectivity index (χ3n) is 5.59. The summed E-state index contributed by atoms with van der Waals surface area (Å²) < 4.78 is 15.4. The van der Waals surface area contributed by atoms with Crippen molar-refractivity contribution < 1.29 is 33.7 Å². The van der Waals surface area contributed by atoms with Crippen LogP contribution in [0.4, 0.5) is 4.79 Å². The summed E-state index contributed by atoms with van der Waals surface area (Å²) in [7, 11) is 2.69. The number of ether oxygens (including phenoxy) is 3. The first-order valence-corrected chi connectivity index (χ1v) is 10.5. The Morgan fingerprint density at radius 3 is 2.09 bits per heavy atom. The average molecular weight is 456 g/mol. The van der Waals surface area contributed by atoms with Crippen LogP contribution in [0.2, 0.25) is 0 Å². The molecule has 2 aromatic carbocycles. The largest absolute Gasteiger partial charge is 0.479 e. The summed E-state index contributed by atoms with van der Waals surface area (Å²) in [5.74, 6) is -2.13. The van der Waals surface area contributed by atoms with Gasteiger partial charge in [0.1, 0.15) is 12.6 Å². The van der Waals surface area contributed by atoms with Crippen LogP contribution in [0.15, 0.2) is 48.5 Å². The number of carbonyl (C=O) groups excluding carboxylic acids is 2. The fraction of sp³-hybridized carbons (Fsp3) is 0.375. The van der Waals surface area contributed by atoms with E-state index in [1.165, 1.54) is 21.1 Å². The van der Waals surface area contributed by atoms with Gasteiger partial charge in [0.2, 0.25) is 5.91 Å². The van der Waals surface area contributed by atoms with Gasteiger partial charge in [-0.25, -0.2) is 9.59 Å². The number of aliphatic carboxylic acids is 1. The van der Waals surface area contributed by atoms with Crippen molar-refractivity contribution >= 4 is 18.0 Å². The smallest absolute Gasteiger partial charge is 0.407 e. The van der Waals surface area contributed by atoms with Crippen LogP contribution in [0, 0.1) is 0 Å². The van der Waals surface area contributed by atoms with Gasteiger partial charge in [0.15, 0.2) is 5.54 Å². The van der Waals surface area contributed by atoms with Gasteiger partial charge in [-0.3, -0.25) is 4.79 Å². The van der Waals surface area contributed by atoms with Gasteiger partial charge in [0.25, 0.3) is 0 Å². The molecule has 2 amide bonds. The molecule has 9 heteroatoms. The second kappa shape index (κ2) is 10.5. The highest BCUT2D eigenvalue weighted by molar-refractivity contribution is 5.91. The number of hydrogen-bond acceptors (Lipinski definition) is 6. The molecule has 3 rings (SSSR count). The lowest BCUT2D eigenvalue weighted by atomic mass is 9.98. The molecule has 33 heavy (non-hydrogen) atoms. The van der Waals surface area contributed by atoms with E-state index in [2.05, 4.69) is 10.6 Å². The van der Waals surface area contributed by atoms with Crippen molar-refractivity contribution in [3.8, 4) is 11.1 Å². The van der Waals surface area contributed by atoms with E-state index >= 15 is 0 Å². The summed E-state index contributed by atoms with van der Waals surface area (Å²) in [6.45, 7) is 0.975. The lowest BCUT2D eigenvalue weighted by Crippen LogP contribution is -2.60. The van der Waals surface area contributed by atoms with E-state index in [1.807, 2.05) is 48.5 Å². The number of methoxy groups -OCH3 is 2. The molecule has 2 aromatic rings. The normalized spacial score (nSPS) is 15.0. The fourth-order valence-corrected chi connectivity index (χ4v) is 3.93. The van der Waals surface area contributed by atoms with Crippen LogP contribution in [0.1, 0.15) is 24.0 Å². The van der Waals surface area contributed by atoms with Gasteiger partial charge in [-0.05, 0) is 29.2 Å². The highest BCUT2D eigenvalue weighted by atomic mass is 16.5. The number of benzene rings is 2. The fourth-order valence-electron chi connectivity index (χ4n) is 3.93. The minimum atomic E-state index is -1.67. The monoisotopic (exact) mass is 456 g/mol. The lowest BCUT2D eigenvalue weighted by Gasteiger charge is -2.28. The summed E-state index contributed by atoms with van der Waals surface area (Å²) in [5.41, 5.74) is 2.67. The maximum absolute atomic E-state index is 12.7. The summed E-state index contributed by atoms with van der Waals surface area (Å²) in [6.07, 6.45) is -0.808. The van der Waals surface area contributed by atoms with E-state index in [1.54, 1.807) is 0 Å². The van der Waals surface area contributed by atoms with Crippen LogP contribution < -0.4 is 10.6 Å². The highest BCUT2D eigenvalue weighted by Crippen LogP contribution is 2.44. The molecule has 1 unspecified atom stereocenters. The van der Waals surface area contributed by atoms with Crippen molar-refractivity contribution in [2.75, 3.05) is 34.0 Å². The predicted molar refractivity (Wildman–Crippen MR) is 120 cm³/mol. The summed E-state index contributed by atoms with van der Waals surface area (Å²) >= 11 is 0. The number of carboxylic acid groups (broad SMARTS) is 1. The topological polar surface area (TPSA) is 123 Å². The Kier molecular flexibility index (Phi) is 7.67. The van der Waals surface area contributed by atoms with Gasteiger partial charge in [0.05, 0.1) is 13.2 Å². The van der Waals surface area contributed by atoms with Crippen molar-refractivity contribution in [3.63, 3.8) is 0 Å². The second-order valence-corrected chi connectivity index (χ2v) is 8.04. The molecule has 0 aromatic heterocycles. The average Bonchev–Trinajstić information content (AvgIpc) is 3.11. The summed E-state index contributed by atoms with van der Waals surface area (Å²) in [6, 6.07) is 14.7. The zero-order chi connectivity index (χ0) is 24.0. The van der Waals surface area contributed by atoms with Crippen LogP contribution in [0.3, 0.4) is 0 Å². The zero-order valence-corrected chi connectivity index (χ0v) is 18.8. The number of carbonyl (C=O) groups is 3. The molecule has 0 spiro atoms. The third-order valence-corrected chi connectivity index (χ3v) is 5.59. The van der Waals surface area contributed by atoms with E-state index in [9.17, 15) is 19.5 Å². The standard InChI is InChI=1S/C24H28N2O7/c1-24(14-32-3,22(28)29)26-21(27)20(13-31-2)25-23(30)33-12-19-17-10-6-4-8-15(17)16-9-5-7-11-18(16)19/h4-11,19-20H,12-14H2,1-3H3,(H,25,30)(H,26,27)(H,28,29)/t20-,24?/m0/s1. The molecule has 0 heterocycles. The molecule has 1 aliphatic carbocycles. The third kappa shape index (κ3) is 5.32. The van der Waals surface area contributed by atoms with Crippen molar-refractivity contribution in [2.24, 2.45) is 0 Å². The number of carboxylic acids is 1. The molecule has 0 radical (unpaired) electrons. The molecule has 3 N–H and O–H groups in total. The predicted octanol–water partition coefficient (Wildman–Crippen LogP) is 2.15. The molecule has 0 saturated heterocycles. The van der Waals surface area contributed by atoms with E-state index < -0.39 is 29.6 Å². The first-order chi connectivity index (χ1) is 15.8. The molecule has 0 aliphatic heterocycles. The molecule has 0 saturated carbocycles. The van der Waals surface area contributed by atoms with Gasteiger partial charge >= 0.3 is 12.1 Å². The molecule has 176 valence electrons. The van der Waals surface area contributed by atoms with Crippen LogP contribution in [0.25, 0.3) is 11.1 Å². The van der Waals surface area contributed by atoms with E-state index in [-0.39, 0.29) is 25.7 Å². The molecule has 9 nitrogen and oxygen atoms in total. The highest BCUT2D eigenvalue weighted by Gasteiger charge is 2.37. The summed E-state index contributed by atoms with van der Waals surface area (Å²) in [4.78, 5) is 36.8. The maximum Gasteiger partial charge on any atom is 0.407 e. The molecule has 2 atom stereocenters. The number of rotatable bonds is 10. The number of hydrogen-bond donors (Lipinski definition) is 3. The Hall–Kier alpha value is -3.43. The van der Waals surface area contributed by atoms with Crippen molar-refractivity contribution in [2.45, 2.75) is 24.4 Å². The molecular weight excluding hydrogens is 428 g/mol. The van der Waals surface area contributed by atoms with Crippen LogP contribution in [-0.2, 0) is 23.8 Å². The Balaban J connectivity index is 1.66. The van der Waals surface area contributed by atoms with E-state index in [0.29, 0.717) is 0 Å². The van der Waals surface area contributed by atoms with Crippen molar-refractivity contribution in [1.29, 1.82) is 0 Å². The number of fused-ring (bicyclic) bond motifs is 3. The van der Waals surface area contributed by atoms with Gasteiger partial charge in [0, 0.05) is 20.1 Å². The Bertz CT molecular complexity index is 980. The second-order valence-electron chi connectivity index (χ2n) is 8.04. The molecule has 0 fully saturated rings. The molecule has 1 aliphatic rings. The Labute approximate surface area is 192 Å². The minimum Gasteiger partial charge on any atom is -0.479 e. The Morgan fingerprint density at radius 2 is 1.58 bits per heavy atom.